The fraction of sp³-hybridized carbons (Fsp3) is 0.455. The number of aromatic nitrogens is 2. The Hall–Kier alpha value is -3.04. The highest BCUT2D eigenvalue weighted by molar-refractivity contribution is 5.93. The van der Waals surface area contributed by atoms with Crippen LogP contribution in [0.1, 0.15) is 28.0 Å². The maximum absolute atomic E-state index is 12.5. The highest BCUT2D eigenvalue weighted by atomic mass is 16.2. The van der Waals surface area contributed by atoms with Crippen LogP contribution in [-0.2, 0) is 13.1 Å². The molecule has 2 saturated heterocycles. The van der Waals surface area contributed by atoms with Crippen LogP contribution in [0.5, 0.6) is 0 Å². The lowest BCUT2D eigenvalue weighted by molar-refractivity contribution is 0.0941. The second kappa shape index (κ2) is 8.60. The molecule has 5 rings (SSSR count). The number of amides is 3. The fourth-order valence-electron chi connectivity index (χ4n) is 4.73. The summed E-state index contributed by atoms with van der Waals surface area (Å²) in [4.78, 5) is 29.2. The minimum atomic E-state index is -0.233. The molecule has 2 atom stereocenters. The molecule has 0 radical (unpaired) electrons. The maximum atomic E-state index is 12.5. The monoisotopic (exact) mass is 421 g/mol. The molecular weight excluding hydrogens is 394 g/mol. The van der Waals surface area contributed by atoms with E-state index in [9.17, 15) is 9.59 Å². The number of nitrogens with one attached hydrogen (secondary N) is 3. The maximum Gasteiger partial charge on any atom is 0.323 e. The van der Waals surface area contributed by atoms with Gasteiger partial charge in [0.25, 0.3) is 5.91 Å². The molecule has 2 fully saturated rings. The van der Waals surface area contributed by atoms with Crippen LogP contribution in [0.2, 0.25) is 0 Å². The third kappa shape index (κ3) is 4.38. The molecule has 2 aromatic rings. The molecule has 0 bridgehead atoms. The summed E-state index contributed by atoms with van der Waals surface area (Å²) >= 11 is 0. The van der Waals surface area contributed by atoms with Crippen LogP contribution < -0.4 is 16.0 Å². The van der Waals surface area contributed by atoms with Crippen LogP contribution in [0.3, 0.4) is 0 Å². The molecule has 162 valence electrons. The van der Waals surface area contributed by atoms with E-state index in [1.807, 2.05) is 24.3 Å². The molecular formula is C22H27N7O2. The van der Waals surface area contributed by atoms with Crippen molar-refractivity contribution in [1.29, 1.82) is 0 Å². The molecule has 9 heteroatoms. The van der Waals surface area contributed by atoms with Gasteiger partial charge in [-0.15, -0.1) is 10.2 Å². The molecule has 3 aliphatic rings. The van der Waals surface area contributed by atoms with E-state index in [0.717, 1.165) is 43.7 Å². The quantitative estimate of drug-likeness (QED) is 0.682. The van der Waals surface area contributed by atoms with Gasteiger partial charge in [-0.25, -0.2) is 4.79 Å². The minimum Gasteiger partial charge on any atom is -0.350 e. The van der Waals surface area contributed by atoms with Crippen molar-refractivity contribution in [3.63, 3.8) is 0 Å². The Balaban J connectivity index is 1.11. The van der Waals surface area contributed by atoms with E-state index in [-0.39, 0.29) is 17.6 Å². The van der Waals surface area contributed by atoms with Crippen molar-refractivity contribution in [2.24, 2.45) is 5.92 Å². The van der Waals surface area contributed by atoms with Crippen LogP contribution in [0.25, 0.3) is 0 Å². The van der Waals surface area contributed by atoms with E-state index in [0.29, 0.717) is 37.4 Å². The molecule has 31 heavy (non-hydrogen) atoms. The zero-order valence-electron chi connectivity index (χ0n) is 17.4. The minimum absolute atomic E-state index is 0.227. The van der Waals surface area contributed by atoms with E-state index >= 15 is 0 Å². The number of hydrogen-bond acceptors (Lipinski definition) is 6. The lowest BCUT2D eigenvalue weighted by atomic mass is 10.1. The molecule has 1 aromatic carbocycles. The Morgan fingerprint density at radius 1 is 1.10 bits per heavy atom. The smallest absolute Gasteiger partial charge is 0.323 e. The van der Waals surface area contributed by atoms with Crippen molar-refractivity contribution in [3.8, 4) is 0 Å². The zero-order valence-corrected chi connectivity index (χ0v) is 17.4. The second-order valence-corrected chi connectivity index (χ2v) is 8.52. The molecule has 4 heterocycles. The number of carbonyl (C=O) groups excluding carboxylic acids is 2. The molecule has 0 spiro atoms. The third-order valence-electron chi connectivity index (χ3n) is 6.38. The number of urea groups is 1. The number of nitrogens with zero attached hydrogens (tertiary/aromatic N) is 4. The summed E-state index contributed by atoms with van der Waals surface area (Å²) in [6, 6.07) is 11.6. The van der Waals surface area contributed by atoms with E-state index in [1.54, 1.807) is 17.0 Å². The third-order valence-corrected chi connectivity index (χ3v) is 6.38. The van der Waals surface area contributed by atoms with E-state index < -0.39 is 0 Å². The molecule has 3 aliphatic heterocycles. The number of hydrogen-bond donors (Lipinski definition) is 3. The zero-order chi connectivity index (χ0) is 21.2. The first-order valence-corrected chi connectivity index (χ1v) is 10.8. The number of anilines is 1. The Bertz CT molecular complexity index is 926. The number of piperazine rings is 1. The normalized spacial score (nSPS) is 22.6. The van der Waals surface area contributed by atoms with Gasteiger partial charge in [0.1, 0.15) is 0 Å². The van der Waals surface area contributed by atoms with Gasteiger partial charge >= 0.3 is 6.03 Å². The average molecular weight is 422 g/mol. The highest BCUT2D eigenvalue weighted by Gasteiger charge is 2.33. The first kappa shape index (κ1) is 19.9. The summed E-state index contributed by atoms with van der Waals surface area (Å²) in [5.41, 5.74) is 2.57. The largest absolute Gasteiger partial charge is 0.350 e. The van der Waals surface area contributed by atoms with Gasteiger partial charge in [-0.2, -0.15) is 0 Å². The number of carbonyl (C=O) groups is 2. The predicted molar refractivity (Wildman–Crippen MR) is 115 cm³/mol. The molecule has 0 saturated carbocycles. The Labute approximate surface area is 181 Å². The Kier molecular flexibility index (Phi) is 5.52. The van der Waals surface area contributed by atoms with Crippen LogP contribution in [0, 0.1) is 5.92 Å². The summed E-state index contributed by atoms with van der Waals surface area (Å²) < 4.78 is 0. The number of benzene rings is 1. The van der Waals surface area contributed by atoms with E-state index in [4.69, 9.17) is 0 Å². The topological polar surface area (TPSA) is 102 Å². The van der Waals surface area contributed by atoms with Crippen LogP contribution in [0.4, 0.5) is 10.6 Å². The van der Waals surface area contributed by atoms with Crippen molar-refractivity contribution >= 4 is 17.8 Å². The van der Waals surface area contributed by atoms with Crippen molar-refractivity contribution in [3.05, 3.63) is 53.2 Å². The van der Waals surface area contributed by atoms with E-state index in [1.165, 1.54) is 0 Å². The molecule has 0 aliphatic carbocycles. The van der Waals surface area contributed by atoms with Crippen LogP contribution in [-0.4, -0.2) is 70.7 Å². The van der Waals surface area contributed by atoms with Crippen molar-refractivity contribution < 1.29 is 9.59 Å². The van der Waals surface area contributed by atoms with Gasteiger partial charge in [0.15, 0.2) is 11.5 Å². The van der Waals surface area contributed by atoms with Gasteiger partial charge < -0.3 is 15.5 Å². The van der Waals surface area contributed by atoms with Gasteiger partial charge in [0.2, 0.25) is 0 Å². The van der Waals surface area contributed by atoms with Crippen molar-refractivity contribution in [2.45, 2.75) is 25.6 Å². The fourth-order valence-corrected chi connectivity index (χ4v) is 4.73. The van der Waals surface area contributed by atoms with E-state index in [2.05, 4.69) is 31.0 Å². The number of fused-ring (bicyclic) bond motifs is 2. The van der Waals surface area contributed by atoms with Gasteiger partial charge in [-0.3, -0.25) is 15.0 Å². The molecule has 9 nitrogen and oxygen atoms in total. The SMILES string of the molecule is O=C(NC[C@H]1CC2CNCCN2C1)c1ccc(NC(=O)N2Cc3ccccc3C2)nn1. The van der Waals surface area contributed by atoms with Crippen LogP contribution in [0.15, 0.2) is 36.4 Å². The number of rotatable bonds is 4. The van der Waals surface area contributed by atoms with Gasteiger partial charge in [0.05, 0.1) is 0 Å². The predicted octanol–water partition coefficient (Wildman–Crippen LogP) is 1.05. The Morgan fingerprint density at radius 2 is 1.90 bits per heavy atom. The highest BCUT2D eigenvalue weighted by Crippen LogP contribution is 2.24. The molecule has 1 unspecified atom stereocenters. The lowest BCUT2D eigenvalue weighted by Crippen LogP contribution is -2.47. The lowest BCUT2D eigenvalue weighted by Gasteiger charge is -2.29. The molecule has 3 amide bonds. The van der Waals surface area contributed by atoms with Crippen LogP contribution >= 0.6 is 0 Å². The molecule has 1 aromatic heterocycles. The summed E-state index contributed by atoms with van der Waals surface area (Å²) in [5.74, 6) is 0.561. The first-order chi connectivity index (χ1) is 15.2. The van der Waals surface area contributed by atoms with Gasteiger partial charge in [-0.05, 0) is 35.6 Å². The standard InChI is InChI=1S/C22H27N7O2/c30-21(24-10-15-9-18-11-23-7-8-28(18)12-15)19-5-6-20(27-26-19)25-22(31)29-13-16-3-1-2-4-17(16)14-29/h1-6,15,18,23H,7-14H2,(H,24,30)(H,25,27,31)/t15-,18?/m1/s1. The summed E-state index contributed by atoms with van der Waals surface area (Å²) in [6.07, 6.45) is 1.10. The Morgan fingerprint density at radius 3 is 2.61 bits per heavy atom. The van der Waals surface area contributed by atoms with Crippen molar-refractivity contribution in [1.82, 2.24) is 30.6 Å². The summed E-state index contributed by atoms with van der Waals surface area (Å²) in [7, 11) is 0. The summed E-state index contributed by atoms with van der Waals surface area (Å²) in [5, 5.41) is 17.2. The van der Waals surface area contributed by atoms with Crippen molar-refractivity contribution in [2.75, 3.05) is 38.0 Å². The molecule has 3 N–H and O–H groups in total. The first-order valence-electron chi connectivity index (χ1n) is 10.8. The second-order valence-electron chi connectivity index (χ2n) is 8.52. The summed E-state index contributed by atoms with van der Waals surface area (Å²) in [6.45, 7) is 5.98. The van der Waals surface area contributed by atoms with Gasteiger partial charge in [-0.1, -0.05) is 24.3 Å². The average Bonchev–Trinajstić information content (AvgIpc) is 3.42. The van der Waals surface area contributed by atoms with Gasteiger partial charge in [0, 0.05) is 51.9 Å².